The molecule has 3 N–H and O–H groups in total. The van der Waals surface area contributed by atoms with E-state index < -0.39 is 17.4 Å². The predicted molar refractivity (Wildman–Crippen MR) is 46.1 cm³/mol. The molecule has 0 fully saturated rings. The van der Waals surface area contributed by atoms with Crippen LogP contribution in [-0.2, 0) is 0 Å². The Morgan fingerprint density at radius 3 is 2.62 bits per heavy atom. The highest BCUT2D eigenvalue weighted by atomic mass is 19.2. The maximum Gasteiger partial charge on any atom is 0.200 e. The standard InChI is InChI=1S/C9H9F2NO/c10-8-6(2-1-5-12)3-4-7(13)9(8)11/h1-4,13H,5,12H2. The molecule has 0 unspecified atom stereocenters. The van der Waals surface area contributed by atoms with Crippen LogP contribution in [0, 0.1) is 11.6 Å². The maximum absolute atomic E-state index is 13.0. The first-order chi connectivity index (χ1) is 6.16. The van der Waals surface area contributed by atoms with Crippen molar-refractivity contribution >= 4 is 6.08 Å². The van der Waals surface area contributed by atoms with Gasteiger partial charge in [0.05, 0.1) is 0 Å². The second kappa shape index (κ2) is 4.00. The first-order valence-corrected chi connectivity index (χ1v) is 3.70. The monoisotopic (exact) mass is 185 g/mol. The quantitative estimate of drug-likeness (QED) is 0.735. The summed E-state index contributed by atoms with van der Waals surface area (Å²) in [6.45, 7) is 0.252. The van der Waals surface area contributed by atoms with Gasteiger partial charge in [0.15, 0.2) is 11.6 Å². The third-order valence-electron chi connectivity index (χ3n) is 1.53. The molecule has 0 atom stereocenters. The van der Waals surface area contributed by atoms with Crippen molar-refractivity contribution in [2.45, 2.75) is 0 Å². The van der Waals surface area contributed by atoms with Crippen molar-refractivity contribution < 1.29 is 13.9 Å². The second-order valence-corrected chi connectivity index (χ2v) is 2.44. The summed E-state index contributed by atoms with van der Waals surface area (Å²) in [5, 5.41) is 8.79. The molecule has 0 spiro atoms. The fourth-order valence-electron chi connectivity index (χ4n) is 0.878. The Balaban J connectivity index is 3.11. The molecule has 1 rings (SSSR count). The summed E-state index contributed by atoms with van der Waals surface area (Å²) in [5.41, 5.74) is 5.21. The zero-order valence-corrected chi connectivity index (χ0v) is 6.80. The minimum atomic E-state index is -1.24. The number of aromatic hydroxyl groups is 1. The average Bonchev–Trinajstić information content (AvgIpc) is 2.13. The van der Waals surface area contributed by atoms with Crippen molar-refractivity contribution in [3.05, 3.63) is 35.4 Å². The Bertz CT molecular complexity index is 337. The molecule has 1 aromatic rings. The SMILES string of the molecule is NCC=Cc1ccc(O)c(F)c1F. The van der Waals surface area contributed by atoms with Crippen molar-refractivity contribution in [3.63, 3.8) is 0 Å². The van der Waals surface area contributed by atoms with Crippen LogP contribution in [0.1, 0.15) is 5.56 Å². The lowest BCUT2D eigenvalue weighted by molar-refractivity contribution is 0.406. The van der Waals surface area contributed by atoms with Gasteiger partial charge in [-0.2, -0.15) is 4.39 Å². The van der Waals surface area contributed by atoms with Crippen molar-refractivity contribution in [2.75, 3.05) is 6.54 Å². The largest absolute Gasteiger partial charge is 0.505 e. The lowest BCUT2D eigenvalue weighted by Crippen LogP contribution is -1.93. The van der Waals surface area contributed by atoms with E-state index >= 15 is 0 Å². The van der Waals surface area contributed by atoms with E-state index in [4.69, 9.17) is 10.8 Å². The summed E-state index contributed by atoms with van der Waals surface area (Å²) < 4.78 is 25.7. The van der Waals surface area contributed by atoms with Crippen molar-refractivity contribution in [3.8, 4) is 5.75 Å². The molecule has 0 aromatic heterocycles. The first-order valence-electron chi connectivity index (χ1n) is 3.70. The minimum absolute atomic E-state index is 0.0701. The molecule has 4 heteroatoms. The Kier molecular flexibility index (Phi) is 2.97. The van der Waals surface area contributed by atoms with Crippen LogP contribution in [0.5, 0.6) is 5.75 Å². The molecule has 0 saturated heterocycles. The van der Waals surface area contributed by atoms with E-state index in [1.54, 1.807) is 0 Å². The molecule has 1 aromatic carbocycles. The topological polar surface area (TPSA) is 46.2 Å². The van der Waals surface area contributed by atoms with Crippen LogP contribution in [0.3, 0.4) is 0 Å². The van der Waals surface area contributed by atoms with E-state index in [0.29, 0.717) is 0 Å². The van der Waals surface area contributed by atoms with Gasteiger partial charge < -0.3 is 10.8 Å². The highest BCUT2D eigenvalue weighted by Crippen LogP contribution is 2.21. The summed E-state index contributed by atoms with van der Waals surface area (Å²) in [7, 11) is 0. The average molecular weight is 185 g/mol. The van der Waals surface area contributed by atoms with Gasteiger partial charge in [0, 0.05) is 12.1 Å². The molecule has 0 radical (unpaired) electrons. The number of benzene rings is 1. The molecule has 0 bridgehead atoms. The van der Waals surface area contributed by atoms with Crippen LogP contribution in [0.4, 0.5) is 8.78 Å². The normalized spacial score (nSPS) is 11.0. The smallest absolute Gasteiger partial charge is 0.200 e. The minimum Gasteiger partial charge on any atom is -0.505 e. The fourth-order valence-corrected chi connectivity index (χ4v) is 0.878. The molecule has 0 aliphatic heterocycles. The van der Waals surface area contributed by atoms with E-state index in [1.807, 2.05) is 0 Å². The van der Waals surface area contributed by atoms with E-state index in [-0.39, 0.29) is 12.1 Å². The number of phenols is 1. The third-order valence-corrected chi connectivity index (χ3v) is 1.53. The Hall–Kier alpha value is -1.42. The summed E-state index contributed by atoms with van der Waals surface area (Å²) in [5.74, 6) is -2.99. The number of halogens is 2. The summed E-state index contributed by atoms with van der Waals surface area (Å²) in [4.78, 5) is 0. The summed E-state index contributed by atoms with van der Waals surface area (Å²) in [6, 6.07) is 2.37. The van der Waals surface area contributed by atoms with Crippen LogP contribution in [0.15, 0.2) is 18.2 Å². The van der Waals surface area contributed by atoms with Gasteiger partial charge >= 0.3 is 0 Å². The van der Waals surface area contributed by atoms with Crippen molar-refractivity contribution in [1.29, 1.82) is 0 Å². The molecule has 0 heterocycles. The van der Waals surface area contributed by atoms with Crippen LogP contribution in [-0.4, -0.2) is 11.7 Å². The van der Waals surface area contributed by atoms with Gasteiger partial charge in [-0.15, -0.1) is 0 Å². The first kappa shape index (κ1) is 9.67. The van der Waals surface area contributed by atoms with Crippen LogP contribution < -0.4 is 5.73 Å². The van der Waals surface area contributed by atoms with Crippen molar-refractivity contribution in [1.82, 2.24) is 0 Å². The molecule has 0 amide bonds. The number of rotatable bonds is 2. The Morgan fingerprint density at radius 2 is 2.00 bits per heavy atom. The zero-order chi connectivity index (χ0) is 9.84. The highest BCUT2D eigenvalue weighted by molar-refractivity contribution is 5.52. The summed E-state index contributed by atoms with van der Waals surface area (Å²) >= 11 is 0. The van der Waals surface area contributed by atoms with Gasteiger partial charge in [-0.1, -0.05) is 12.2 Å². The van der Waals surface area contributed by atoms with Crippen LogP contribution in [0.2, 0.25) is 0 Å². The lowest BCUT2D eigenvalue weighted by atomic mass is 10.2. The van der Waals surface area contributed by atoms with E-state index in [0.717, 1.165) is 6.07 Å². The molecule has 13 heavy (non-hydrogen) atoms. The zero-order valence-electron chi connectivity index (χ0n) is 6.80. The van der Waals surface area contributed by atoms with E-state index in [9.17, 15) is 8.78 Å². The lowest BCUT2D eigenvalue weighted by Gasteiger charge is -1.99. The van der Waals surface area contributed by atoms with Crippen LogP contribution >= 0.6 is 0 Å². The highest BCUT2D eigenvalue weighted by Gasteiger charge is 2.09. The van der Waals surface area contributed by atoms with Crippen molar-refractivity contribution in [2.24, 2.45) is 5.73 Å². The van der Waals surface area contributed by atoms with Crippen LogP contribution in [0.25, 0.3) is 6.08 Å². The third kappa shape index (κ3) is 2.03. The van der Waals surface area contributed by atoms with Gasteiger partial charge in [-0.25, -0.2) is 4.39 Å². The Morgan fingerprint density at radius 1 is 1.31 bits per heavy atom. The number of hydrogen-bond donors (Lipinski definition) is 2. The molecule has 0 saturated carbocycles. The van der Waals surface area contributed by atoms with Gasteiger partial charge in [0.2, 0.25) is 5.82 Å². The van der Waals surface area contributed by atoms with E-state index in [1.165, 1.54) is 18.2 Å². The Labute approximate surface area is 74.3 Å². The summed E-state index contributed by atoms with van der Waals surface area (Å²) in [6.07, 6.45) is 2.85. The second-order valence-electron chi connectivity index (χ2n) is 2.44. The molecule has 0 aliphatic carbocycles. The van der Waals surface area contributed by atoms with Gasteiger partial charge in [0.1, 0.15) is 0 Å². The fraction of sp³-hybridized carbons (Fsp3) is 0.111. The maximum atomic E-state index is 13.0. The number of hydrogen-bond acceptors (Lipinski definition) is 2. The molecule has 2 nitrogen and oxygen atoms in total. The van der Waals surface area contributed by atoms with Gasteiger partial charge in [-0.05, 0) is 12.1 Å². The van der Waals surface area contributed by atoms with Gasteiger partial charge in [0.25, 0.3) is 0 Å². The van der Waals surface area contributed by atoms with E-state index in [2.05, 4.69) is 0 Å². The van der Waals surface area contributed by atoms with Gasteiger partial charge in [-0.3, -0.25) is 0 Å². The number of phenolic OH excluding ortho intramolecular Hbond substituents is 1. The number of nitrogens with two attached hydrogens (primary N) is 1. The molecular weight excluding hydrogens is 176 g/mol. The molecule has 0 aliphatic rings. The molecular formula is C9H9F2NO. The predicted octanol–water partition coefficient (Wildman–Crippen LogP) is 1.64. The molecule has 70 valence electrons.